The lowest BCUT2D eigenvalue weighted by molar-refractivity contribution is 0.129. The summed E-state index contributed by atoms with van der Waals surface area (Å²) >= 11 is 0. The molecule has 0 radical (unpaired) electrons. The second-order valence-corrected chi connectivity index (χ2v) is 3.55. The van der Waals surface area contributed by atoms with Crippen LogP contribution < -0.4 is 5.32 Å². The van der Waals surface area contributed by atoms with Gasteiger partial charge < -0.3 is 10.4 Å². The lowest BCUT2D eigenvalue weighted by Crippen LogP contribution is -2.35. The number of nitrogens with one attached hydrogen (secondary N) is 1. The second-order valence-electron chi connectivity index (χ2n) is 3.55. The third-order valence-electron chi connectivity index (χ3n) is 2.79. The number of halogens is 1. The van der Waals surface area contributed by atoms with Crippen molar-refractivity contribution < 1.29 is 5.11 Å². The van der Waals surface area contributed by atoms with Crippen LogP contribution in [0.3, 0.4) is 0 Å². The Morgan fingerprint density at radius 2 is 1.91 bits per heavy atom. The normalized spacial score (nSPS) is 42.8. The highest BCUT2D eigenvalue weighted by Gasteiger charge is 2.31. The lowest BCUT2D eigenvalue weighted by atomic mass is 9.99. The molecule has 3 atom stereocenters. The van der Waals surface area contributed by atoms with Crippen molar-refractivity contribution in [2.24, 2.45) is 0 Å². The summed E-state index contributed by atoms with van der Waals surface area (Å²) in [6.07, 6.45) is 5.89. The van der Waals surface area contributed by atoms with Crippen molar-refractivity contribution in [3.8, 4) is 0 Å². The van der Waals surface area contributed by atoms with Gasteiger partial charge in [0.2, 0.25) is 0 Å². The molecule has 0 aliphatic carbocycles. The molecule has 2 fully saturated rings. The standard InChI is InChI=1S/C8H15NO.ClH/c10-8-3-1-2-6-4-5-7(8)9-6;/h6-10H,1-5H2;1H. The van der Waals surface area contributed by atoms with Crippen LogP contribution in [0.5, 0.6) is 0 Å². The van der Waals surface area contributed by atoms with Gasteiger partial charge >= 0.3 is 0 Å². The number of fused-ring (bicyclic) bond motifs is 2. The molecule has 2 aliphatic rings. The van der Waals surface area contributed by atoms with E-state index in [2.05, 4.69) is 5.32 Å². The Labute approximate surface area is 73.8 Å². The van der Waals surface area contributed by atoms with Gasteiger partial charge in [-0.1, -0.05) is 0 Å². The van der Waals surface area contributed by atoms with Crippen molar-refractivity contribution in [1.29, 1.82) is 0 Å². The minimum atomic E-state index is -0.0625. The fourth-order valence-corrected chi connectivity index (χ4v) is 2.16. The van der Waals surface area contributed by atoms with Crippen LogP contribution in [0.25, 0.3) is 0 Å². The highest BCUT2D eigenvalue weighted by atomic mass is 35.5. The molecule has 0 aromatic heterocycles. The molecule has 3 unspecified atom stereocenters. The van der Waals surface area contributed by atoms with Gasteiger partial charge in [0.25, 0.3) is 0 Å². The minimum Gasteiger partial charge on any atom is -0.392 e. The second kappa shape index (κ2) is 3.74. The molecule has 0 aromatic carbocycles. The molecule has 0 aromatic rings. The van der Waals surface area contributed by atoms with E-state index >= 15 is 0 Å². The summed E-state index contributed by atoms with van der Waals surface area (Å²) in [5, 5.41) is 13.0. The number of aliphatic hydroxyl groups excluding tert-OH is 1. The van der Waals surface area contributed by atoms with E-state index in [1.165, 1.54) is 25.7 Å². The Bertz CT molecular complexity index is 131. The van der Waals surface area contributed by atoms with E-state index in [4.69, 9.17) is 0 Å². The van der Waals surface area contributed by atoms with E-state index in [0.717, 1.165) is 12.5 Å². The van der Waals surface area contributed by atoms with Crippen LogP contribution in [0.4, 0.5) is 0 Å². The van der Waals surface area contributed by atoms with Crippen molar-refractivity contribution in [3.63, 3.8) is 0 Å². The minimum absolute atomic E-state index is 0. The highest BCUT2D eigenvalue weighted by molar-refractivity contribution is 5.85. The highest BCUT2D eigenvalue weighted by Crippen LogP contribution is 2.25. The van der Waals surface area contributed by atoms with Crippen LogP contribution in [-0.2, 0) is 0 Å². The first-order valence-corrected chi connectivity index (χ1v) is 4.30. The number of rotatable bonds is 0. The molecule has 0 amide bonds. The predicted octanol–water partition coefficient (Wildman–Crippen LogP) is 1.07. The maximum absolute atomic E-state index is 9.51. The van der Waals surface area contributed by atoms with Crippen LogP contribution in [0.15, 0.2) is 0 Å². The Kier molecular flexibility index (Phi) is 3.16. The average molecular weight is 178 g/mol. The molecule has 2 rings (SSSR count). The zero-order valence-electron chi connectivity index (χ0n) is 6.62. The molecule has 2 nitrogen and oxygen atoms in total. The third-order valence-corrected chi connectivity index (χ3v) is 2.79. The maximum Gasteiger partial charge on any atom is 0.0693 e. The summed E-state index contributed by atoms with van der Waals surface area (Å²) in [4.78, 5) is 0. The topological polar surface area (TPSA) is 32.3 Å². The van der Waals surface area contributed by atoms with E-state index in [0.29, 0.717) is 6.04 Å². The number of aliphatic hydroxyl groups is 1. The zero-order chi connectivity index (χ0) is 6.97. The fraction of sp³-hybridized carbons (Fsp3) is 1.00. The van der Waals surface area contributed by atoms with Crippen molar-refractivity contribution in [2.75, 3.05) is 0 Å². The molecule has 3 heteroatoms. The molecular formula is C8H16ClNO. The molecule has 2 heterocycles. The number of hydrogen-bond acceptors (Lipinski definition) is 2. The fourth-order valence-electron chi connectivity index (χ4n) is 2.16. The Balaban J connectivity index is 0.000000605. The van der Waals surface area contributed by atoms with E-state index in [1.54, 1.807) is 0 Å². The van der Waals surface area contributed by atoms with Crippen molar-refractivity contribution in [2.45, 2.75) is 50.3 Å². The summed E-state index contributed by atoms with van der Waals surface area (Å²) in [6.45, 7) is 0. The van der Waals surface area contributed by atoms with Crippen molar-refractivity contribution in [3.05, 3.63) is 0 Å². The first kappa shape index (κ1) is 9.30. The molecular weight excluding hydrogens is 162 g/mol. The summed E-state index contributed by atoms with van der Waals surface area (Å²) in [6, 6.07) is 1.15. The van der Waals surface area contributed by atoms with E-state index < -0.39 is 0 Å². The van der Waals surface area contributed by atoms with Gasteiger partial charge in [-0.05, 0) is 32.1 Å². The van der Waals surface area contributed by atoms with Crippen LogP contribution in [0, 0.1) is 0 Å². The average Bonchev–Trinajstić information content (AvgIpc) is 2.27. The summed E-state index contributed by atoms with van der Waals surface area (Å²) < 4.78 is 0. The van der Waals surface area contributed by atoms with Crippen LogP contribution in [-0.4, -0.2) is 23.3 Å². The smallest absolute Gasteiger partial charge is 0.0693 e. The van der Waals surface area contributed by atoms with Crippen LogP contribution >= 0.6 is 12.4 Å². The molecule has 11 heavy (non-hydrogen) atoms. The largest absolute Gasteiger partial charge is 0.392 e. The number of hydrogen-bond donors (Lipinski definition) is 2. The van der Waals surface area contributed by atoms with Gasteiger partial charge in [0.1, 0.15) is 0 Å². The molecule has 0 spiro atoms. The summed E-state index contributed by atoms with van der Waals surface area (Å²) in [7, 11) is 0. The molecule has 2 bridgehead atoms. The first-order valence-electron chi connectivity index (χ1n) is 4.30. The SMILES string of the molecule is Cl.OC1CCCC2CCC1N2. The van der Waals surface area contributed by atoms with Crippen molar-refractivity contribution in [1.82, 2.24) is 5.32 Å². The molecule has 2 aliphatic heterocycles. The van der Waals surface area contributed by atoms with Gasteiger partial charge in [0, 0.05) is 12.1 Å². The first-order chi connectivity index (χ1) is 4.86. The third kappa shape index (κ3) is 1.86. The van der Waals surface area contributed by atoms with Gasteiger partial charge in [-0.25, -0.2) is 0 Å². The Hall–Kier alpha value is 0.210. The quantitative estimate of drug-likeness (QED) is 0.581. The zero-order valence-corrected chi connectivity index (χ0v) is 7.44. The molecule has 2 N–H and O–H groups in total. The van der Waals surface area contributed by atoms with Gasteiger partial charge in [-0.15, -0.1) is 12.4 Å². The van der Waals surface area contributed by atoms with Gasteiger partial charge in [-0.2, -0.15) is 0 Å². The monoisotopic (exact) mass is 177 g/mol. The Morgan fingerprint density at radius 3 is 2.73 bits per heavy atom. The van der Waals surface area contributed by atoms with Crippen LogP contribution in [0.2, 0.25) is 0 Å². The summed E-state index contributed by atoms with van der Waals surface area (Å²) in [5.41, 5.74) is 0. The van der Waals surface area contributed by atoms with Gasteiger partial charge in [-0.3, -0.25) is 0 Å². The van der Waals surface area contributed by atoms with E-state index in [-0.39, 0.29) is 18.5 Å². The lowest BCUT2D eigenvalue weighted by Gasteiger charge is -2.15. The van der Waals surface area contributed by atoms with E-state index in [1.807, 2.05) is 0 Å². The van der Waals surface area contributed by atoms with E-state index in [9.17, 15) is 5.11 Å². The van der Waals surface area contributed by atoms with Crippen LogP contribution in [0.1, 0.15) is 32.1 Å². The maximum atomic E-state index is 9.51. The van der Waals surface area contributed by atoms with Gasteiger partial charge in [0.15, 0.2) is 0 Å². The predicted molar refractivity (Wildman–Crippen MR) is 47.1 cm³/mol. The summed E-state index contributed by atoms with van der Waals surface area (Å²) in [5.74, 6) is 0. The van der Waals surface area contributed by atoms with Gasteiger partial charge in [0.05, 0.1) is 6.10 Å². The molecule has 66 valence electrons. The molecule has 2 saturated heterocycles. The van der Waals surface area contributed by atoms with Crippen molar-refractivity contribution >= 4 is 12.4 Å². The molecule has 0 saturated carbocycles. The Morgan fingerprint density at radius 1 is 1.09 bits per heavy atom.